The van der Waals surface area contributed by atoms with Gasteiger partial charge in [-0.3, -0.25) is 9.69 Å². The van der Waals surface area contributed by atoms with Gasteiger partial charge in [0.15, 0.2) is 0 Å². The van der Waals surface area contributed by atoms with Crippen LogP contribution in [-0.2, 0) is 43.9 Å². The molecule has 0 unspecified atom stereocenters. The van der Waals surface area contributed by atoms with E-state index in [0.29, 0.717) is 6.54 Å². The van der Waals surface area contributed by atoms with E-state index in [-0.39, 0.29) is 31.9 Å². The van der Waals surface area contributed by atoms with E-state index in [9.17, 15) is 4.79 Å². The number of hydrogen-bond donors (Lipinski definition) is 4. The van der Waals surface area contributed by atoms with E-state index in [1.807, 2.05) is 36.5 Å². The van der Waals surface area contributed by atoms with Gasteiger partial charge in [0.1, 0.15) is 6.54 Å². The molecule has 0 radical (unpaired) electrons. The van der Waals surface area contributed by atoms with Gasteiger partial charge in [-0.15, -0.1) is 5.10 Å². The zero-order chi connectivity index (χ0) is 21.6. The molecule has 0 bridgehead atoms. The van der Waals surface area contributed by atoms with Gasteiger partial charge >= 0.3 is 0 Å². The fourth-order valence-electron chi connectivity index (χ4n) is 3.54. The molecule has 1 aliphatic rings. The zero-order valence-electron chi connectivity index (χ0n) is 19.1. The van der Waals surface area contributed by atoms with Crippen molar-refractivity contribution >= 4 is 5.91 Å². The Bertz CT molecular complexity index is 743. The van der Waals surface area contributed by atoms with Crippen molar-refractivity contribution in [1.29, 1.82) is 0 Å². The second kappa shape index (κ2) is 16.0. The minimum atomic E-state index is -0.0663. The Morgan fingerprint density at radius 3 is 2.44 bits per heavy atom. The summed E-state index contributed by atoms with van der Waals surface area (Å²) in [4.78, 5) is 14.6. The number of amides is 1. The van der Waals surface area contributed by atoms with Gasteiger partial charge in [-0.05, 0) is 44.6 Å². The Hall–Kier alpha value is -1.71. The molecule has 1 fully saturated rings. The summed E-state index contributed by atoms with van der Waals surface area (Å²) < 4.78 is 1.62. The van der Waals surface area contributed by atoms with Crippen LogP contribution in [0, 0.1) is 0 Å². The Labute approximate surface area is 203 Å². The fraction of sp³-hybridized carbons (Fsp3) is 0.591. The van der Waals surface area contributed by atoms with Gasteiger partial charge in [-0.25, -0.2) is 4.68 Å². The number of aromatic nitrogens is 3. The molecule has 2 heterocycles. The van der Waals surface area contributed by atoms with Crippen LogP contribution < -0.4 is 21.3 Å². The summed E-state index contributed by atoms with van der Waals surface area (Å²) in [6, 6.07) is 9.89. The van der Waals surface area contributed by atoms with Crippen LogP contribution in [0.25, 0.3) is 0 Å². The van der Waals surface area contributed by atoms with Crippen molar-refractivity contribution in [3.63, 3.8) is 0 Å². The van der Waals surface area contributed by atoms with Crippen LogP contribution in [0.15, 0.2) is 36.5 Å². The van der Waals surface area contributed by atoms with Crippen molar-refractivity contribution in [3.05, 3.63) is 47.8 Å². The maximum atomic E-state index is 12.2. The summed E-state index contributed by atoms with van der Waals surface area (Å²) in [5.41, 5.74) is 1.98. The molecule has 1 aliphatic heterocycles. The molecule has 2 aromatic rings. The van der Waals surface area contributed by atoms with Crippen molar-refractivity contribution in [2.45, 2.75) is 32.5 Å². The molecular formula is C22H36N8OZn. The molecule has 172 valence electrons. The van der Waals surface area contributed by atoms with Crippen LogP contribution in [0.4, 0.5) is 0 Å². The second-order valence-electron chi connectivity index (χ2n) is 7.90. The normalized spacial score (nSPS) is 17.1. The first-order valence-corrected chi connectivity index (χ1v) is 11.3. The third-order valence-corrected chi connectivity index (χ3v) is 5.23. The van der Waals surface area contributed by atoms with Gasteiger partial charge in [-0.2, -0.15) is 0 Å². The topological polar surface area (TPSA) is 99.1 Å². The number of hydrogen-bond acceptors (Lipinski definition) is 7. The van der Waals surface area contributed by atoms with E-state index in [4.69, 9.17) is 0 Å². The molecule has 1 aromatic carbocycles. The Morgan fingerprint density at radius 2 is 1.66 bits per heavy atom. The first-order valence-electron chi connectivity index (χ1n) is 11.3. The van der Waals surface area contributed by atoms with Crippen molar-refractivity contribution in [3.8, 4) is 0 Å². The molecule has 10 heteroatoms. The van der Waals surface area contributed by atoms with E-state index < -0.39 is 0 Å². The molecule has 1 aromatic heterocycles. The molecule has 0 aliphatic carbocycles. The molecular weight excluding hydrogens is 458 g/mol. The van der Waals surface area contributed by atoms with Gasteiger partial charge in [0.25, 0.3) is 0 Å². The Morgan fingerprint density at radius 1 is 0.938 bits per heavy atom. The SMILES string of the molecule is O=C(Cn1cc(CN2CCCNCCNCCCNCC2)nn1)NCc1ccccc1.[Zn]. The number of nitrogens with one attached hydrogen (secondary N) is 4. The summed E-state index contributed by atoms with van der Waals surface area (Å²) in [6.45, 7) is 9.51. The van der Waals surface area contributed by atoms with Gasteiger partial charge in [-0.1, -0.05) is 35.5 Å². The van der Waals surface area contributed by atoms with Crippen molar-refractivity contribution in [2.75, 3.05) is 52.4 Å². The zero-order valence-corrected chi connectivity index (χ0v) is 22.0. The summed E-state index contributed by atoms with van der Waals surface area (Å²) in [7, 11) is 0. The van der Waals surface area contributed by atoms with Crippen LogP contribution >= 0.6 is 0 Å². The van der Waals surface area contributed by atoms with E-state index >= 15 is 0 Å². The van der Waals surface area contributed by atoms with E-state index in [0.717, 1.165) is 83.0 Å². The summed E-state index contributed by atoms with van der Waals surface area (Å²) in [6.07, 6.45) is 4.11. The largest absolute Gasteiger partial charge is 0.350 e. The number of carbonyl (C=O) groups is 1. The smallest absolute Gasteiger partial charge is 0.242 e. The standard InChI is InChI=1S/C22H36N8O.Zn/c31-22(26-16-20-6-2-1-3-7-20)19-30-18-21(27-28-30)17-29-14-5-10-24-12-11-23-8-4-9-25-13-15-29;/h1-3,6-7,18,23-25H,4-5,8-17,19H2,(H,26,31);. The molecule has 3 rings (SSSR count). The minimum absolute atomic E-state index is 0. The van der Waals surface area contributed by atoms with Crippen molar-refractivity contribution < 1.29 is 24.3 Å². The number of carbonyl (C=O) groups excluding carboxylic acids is 1. The average molecular weight is 494 g/mol. The fourth-order valence-corrected chi connectivity index (χ4v) is 3.54. The van der Waals surface area contributed by atoms with Crippen molar-refractivity contribution in [1.82, 2.24) is 41.2 Å². The quantitative estimate of drug-likeness (QED) is 0.419. The van der Waals surface area contributed by atoms with Crippen LogP contribution in [0.1, 0.15) is 24.1 Å². The first-order chi connectivity index (χ1) is 15.3. The molecule has 32 heavy (non-hydrogen) atoms. The molecule has 9 nitrogen and oxygen atoms in total. The van der Waals surface area contributed by atoms with Crippen LogP contribution in [0.3, 0.4) is 0 Å². The minimum Gasteiger partial charge on any atom is -0.350 e. The van der Waals surface area contributed by atoms with Crippen LogP contribution in [-0.4, -0.2) is 78.2 Å². The first kappa shape index (κ1) is 26.5. The second-order valence-corrected chi connectivity index (χ2v) is 7.90. The predicted octanol–water partition coefficient (Wildman–Crippen LogP) is -0.0434. The predicted molar refractivity (Wildman–Crippen MR) is 121 cm³/mol. The number of nitrogens with zero attached hydrogens (tertiary/aromatic N) is 4. The van der Waals surface area contributed by atoms with Gasteiger partial charge in [0.2, 0.25) is 5.91 Å². The van der Waals surface area contributed by atoms with E-state index in [2.05, 4.69) is 36.5 Å². The van der Waals surface area contributed by atoms with Crippen LogP contribution in [0.5, 0.6) is 0 Å². The maximum absolute atomic E-state index is 12.2. The summed E-state index contributed by atoms with van der Waals surface area (Å²) >= 11 is 0. The third kappa shape index (κ3) is 10.7. The Balaban J connectivity index is 0.00000363. The number of benzene rings is 1. The number of rotatable bonds is 6. The van der Waals surface area contributed by atoms with Gasteiger partial charge < -0.3 is 21.3 Å². The molecule has 1 saturated heterocycles. The maximum Gasteiger partial charge on any atom is 0.242 e. The monoisotopic (exact) mass is 492 g/mol. The molecule has 0 saturated carbocycles. The van der Waals surface area contributed by atoms with Crippen LogP contribution in [0.2, 0.25) is 0 Å². The average Bonchev–Trinajstić information content (AvgIpc) is 3.22. The third-order valence-electron chi connectivity index (χ3n) is 5.23. The molecule has 1 amide bonds. The van der Waals surface area contributed by atoms with Crippen molar-refractivity contribution in [2.24, 2.45) is 0 Å². The summed E-state index contributed by atoms with van der Waals surface area (Å²) in [5.74, 6) is -0.0663. The van der Waals surface area contributed by atoms with E-state index in [1.54, 1.807) is 4.68 Å². The summed E-state index contributed by atoms with van der Waals surface area (Å²) in [5, 5.41) is 21.8. The molecule has 0 atom stereocenters. The van der Waals surface area contributed by atoms with Gasteiger partial charge in [0.05, 0.1) is 11.9 Å². The van der Waals surface area contributed by atoms with Gasteiger partial charge in [0, 0.05) is 58.7 Å². The Kier molecular flexibility index (Phi) is 13.3. The molecule has 4 N–H and O–H groups in total. The molecule has 0 spiro atoms. The van der Waals surface area contributed by atoms with E-state index in [1.165, 1.54) is 0 Å².